The lowest BCUT2D eigenvalue weighted by Gasteiger charge is -2.31. The summed E-state index contributed by atoms with van der Waals surface area (Å²) in [5.74, 6) is -0.209. The molecule has 1 saturated heterocycles. The lowest BCUT2D eigenvalue weighted by atomic mass is 10.2. The van der Waals surface area contributed by atoms with Crippen LogP contribution in [-0.2, 0) is 4.74 Å². The molecule has 1 aromatic carbocycles. The van der Waals surface area contributed by atoms with Gasteiger partial charge in [-0.15, -0.1) is 0 Å². The maximum absolute atomic E-state index is 13.5. The molecule has 0 aromatic heterocycles. The monoisotopic (exact) mass is 254 g/mol. The van der Waals surface area contributed by atoms with Crippen LogP contribution in [0.4, 0.5) is 10.1 Å². The molecule has 0 saturated carbocycles. The molecule has 1 aromatic rings. The molecule has 0 bridgehead atoms. The molecule has 2 N–H and O–H groups in total. The average molecular weight is 254 g/mol. The number of rotatable bonds is 4. The van der Waals surface area contributed by atoms with E-state index in [0.29, 0.717) is 18.9 Å². The first-order valence-corrected chi connectivity index (χ1v) is 6.21. The second-order valence-corrected chi connectivity index (χ2v) is 4.39. The topological polar surface area (TPSA) is 47.7 Å². The van der Waals surface area contributed by atoms with Crippen molar-refractivity contribution in [3.05, 3.63) is 24.0 Å². The van der Waals surface area contributed by atoms with Crippen LogP contribution >= 0.6 is 0 Å². The molecule has 1 aliphatic heterocycles. The van der Waals surface area contributed by atoms with E-state index >= 15 is 0 Å². The number of likely N-dealkylation sites (N-methyl/N-ethyl adjacent to an activating group) is 1. The molecule has 0 spiro atoms. The second kappa shape index (κ2) is 6.02. The molecule has 1 aliphatic rings. The highest BCUT2D eigenvalue weighted by Gasteiger charge is 2.20. The molecular formula is C13H19FN2O2. The molecule has 4 nitrogen and oxygen atoms in total. The lowest BCUT2D eigenvalue weighted by molar-refractivity contribution is -0.0468. The summed E-state index contributed by atoms with van der Waals surface area (Å²) < 4.78 is 24.5. The summed E-state index contributed by atoms with van der Waals surface area (Å²) >= 11 is 0. The van der Waals surface area contributed by atoms with Crippen LogP contribution < -0.4 is 10.5 Å². The lowest BCUT2D eigenvalue weighted by Crippen LogP contribution is -2.44. The van der Waals surface area contributed by atoms with Crippen molar-refractivity contribution >= 4 is 5.69 Å². The zero-order valence-corrected chi connectivity index (χ0v) is 10.6. The number of benzene rings is 1. The van der Waals surface area contributed by atoms with E-state index in [2.05, 4.69) is 11.8 Å². The third kappa shape index (κ3) is 3.34. The molecule has 1 heterocycles. The van der Waals surface area contributed by atoms with Crippen LogP contribution in [-0.4, -0.2) is 43.9 Å². The summed E-state index contributed by atoms with van der Waals surface area (Å²) in [7, 11) is 0. The zero-order valence-electron chi connectivity index (χ0n) is 10.6. The molecule has 0 amide bonds. The Morgan fingerprint density at radius 1 is 1.56 bits per heavy atom. The number of anilines is 1. The summed E-state index contributed by atoms with van der Waals surface area (Å²) in [5.41, 5.74) is 5.87. The Labute approximate surface area is 106 Å². The minimum Gasteiger partial charge on any atom is -0.488 e. The third-order valence-corrected chi connectivity index (χ3v) is 3.05. The van der Waals surface area contributed by atoms with Gasteiger partial charge in [0.05, 0.1) is 6.61 Å². The molecular weight excluding hydrogens is 235 g/mol. The summed E-state index contributed by atoms with van der Waals surface area (Å²) in [5, 5.41) is 0. The zero-order chi connectivity index (χ0) is 13.0. The van der Waals surface area contributed by atoms with Crippen LogP contribution in [0.3, 0.4) is 0 Å². The van der Waals surface area contributed by atoms with E-state index < -0.39 is 5.82 Å². The van der Waals surface area contributed by atoms with E-state index in [9.17, 15) is 4.39 Å². The van der Waals surface area contributed by atoms with Gasteiger partial charge in [-0.3, -0.25) is 4.90 Å². The fraction of sp³-hybridized carbons (Fsp3) is 0.538. The van der Waals surface area contributed by atoms with Crippen LogP contribution in [0.15, 0.2) is 18.2 Å². The highest BCUT2D eigenvalue weighted by atomic mass is 19.1. The summed E-state index contributed by atoms with van der Waals surface area (Å²) in [6.07, 6.45) is -0.00402. The standard InChI is InChI=1S/C13H19FN2O2/c1-2-16-5-6-17-11(8-16)9-18-13-4-3-10(15)7-12(13)14/h3-4,7,11H,2,5-6,8-9,15H2,1H3. The van der Waals surface area contributed by atoms with Crippen LogP contribution in [0.25, 0.3) is 0 Å². The van der Waals surface area contributed by atoms with Crippen LogP contribution in [0.2, 0.25) is 0 Å². The van der Waals surface area contributed by atoms with Crippen molar-refractivity contribution in [2.24, 2.45) is 0 Å². The fourth-order valence-corrected chi connectivity index (χ4v) is 1.99. The largest absolute Gasteiger partial charge is 0.488 e. The number of morpholine rings is 1. The fourth-order valence-electron chi connectivity index (χ4n) is 1.99. The molecule has 0 aliphatic carbocycles. The van der Waals surface area contributed by atoms with E-state index in [1.54, 1.807) is 12.1 Å². The van der Waals surface area contributed by atoms with Crippen LogP contribution in [0.5, 0.6) is 5.75 Å². The van der Waals surface area contributed by atoms with Gasteiger partial charge in [0.1, 0.15) is 12.7 Å². The molecule has 100 valence electrons. The Kier molecular flexibility index (Phi) is 4.38. The Morgan fingerprint density at radius 3 is 3.11 bits per heavy atom. The van der Waals surface area contributed by atoms with Gasteiger partial charge >= 0.3 is 0 Å². The van der Waals surface area contributed by atoms with E-state index in [0.717, 1.165) is 19.6 Å². The van der Waals surface area contributed by atoms with Gasteiger partial charge in [-0.2, -0.15) is 0 Å². The minimum absolute atomic E-state index is 0.00402. The predicted octanol–water partition coefficient (Wildman–Crippen LogP) is 1.51. The number of hydrogen-bond acceptors (Lipinski definition) is 4. The van der Waals surface area contributed by atoms with E-state index in [1.165, 1.54) is 6.07 Å². The van der Waals surface area contributed by atoms with Crippen molar-refractivity contribution in [3.63, 3.8) is 0 Å². The van der Waals surface area contributed by atoms with Gasteiger partial charge in [0, 0.05) is 24.8 Å². The van der Waals surface area contributed by atoms with Gasteiger partial charge in [0.15, 0.2) is 11.6 Å². The molecule has 2 rings (SSSR count). The molecule has 0 radical (unpaired) electrons. The smallest absolute Gasteiger partial charge is 0.167 e. The summed E-state index contributed by atoms with van der Waals surface area (Å²) in [6, 6.07) is 4.43. The first kappa shape index (κ1) is 13.1. The predicted molar refractivity (Wildman–Crippen MR) is 68.2 cm³/mol. The number of nitrogens with zero attached hydrogens (tertiary/aromatic N) is 1. The first-order valence-electron chi connectivity index (χ1n) is 6.21. The van der Waals surface area contributed by atoms with E-state index in [-0.39, 0.29) is 11.9 Å². The van der Waals surface area contributed by atoms with E-state index in [4.69, 9.17) is 15.2 Å². The highest BCUT2D eigenvalue weighted by molar-refractivity contribution is 5.42. The highest BCUT2D eigenvalue weighted by Crippen LogP contribution is 2.20. The van der Waals surface area contributed by atoms with E-state index in [1.807, 2.05) is 0 Å². The Hall–Kier alpha value is -1.33. The Bertz CT molecular complexity index is 401. The summed E-state index contributed by atoms with van der Waals surface area (Å²) in [4.78, 5) is 2.29. The van der Waals surface area contributed by atoms with Crippen molar-refractivity contribution < 1.29 is 13.9 Å². The number of ether oxygens (including phenoxy) is 2. The number of halogens is 1. The van der Waals surface area contributed by atoms with Crippen molar-refractivity contribution in [1.29, 1.82) is 0 Å². The van der Waals surface area contributed by atoms with Crippen LogP contribution in [0.1, 0.15) is 6.92 Å². The van der Waals surface area contributed by atoms with Gasteiger partial charge < -0.3 is 15.2 Å². The second-order valence-electron chi connectivity index (χ2n) is 4.39. The maximum atomic E-state index is 13.5. The van der Waals surface area contributed by atoms with Gasteiger partial charge in [-0.05, 0) is 18.7 Å². The minimum atomic E-state index is -0.432. The average Bonchev–Trinajstić information content (AvgIpc) is 2.38. The van der Waals surface area contributed by atoms with Crippen molar-refractivity contribution in [2.75, 3.05) is 38.6 Å². The first-order chi connectivity index (χ1) is 8.69. The molecule has 18 heavy (non-hydrogen) atoms. The number of nitrogens with two attached hydrogens (primary N) is 1. The Balaban J connectivity index is 1.87. The van der Waals surface area contributed by atoms with Crippen molar-refractivity contribution in [2.45, 2.75) is 13.0 Å². The quantitative estimate of drug-likeness (QED) is 0.827. The Morgan fingerprint density at radius 2 is 2.39 bits per heavy atom. The molecule has 1 fully saturated rings. The van der Waals surface area contributed by atoms with Gasteiger partial charge in [-0.25, -0.2) is 4.39 Å². The van der Waals surface area contributed by atoms with Gasteiger partial charge in [0.25, 0.3) is 0 Å². The van der Waals surface area contributed by atoms with Crippen LogP contribution in [0, 0.1) is 5.82 Å². The van der Waals surface area contributed by atoms with Gasteiger partial charge in [-0.1, -0.05) is 6.92 Å². The SMILES string of the molecule is CCN1CCOC(COc2ccc(N)cc2F)C1. The third-order valence-electron chi connectivity index (χ3n) is 3.05. The molecule has 1 atom stereocenters. The normalized spacial score (nSPS) is 20.9. The van der Waals surface area contributed by atoms with Crippen molar-refractivity contribution in [3.8, 4) is 5.75 Å². The van der Waals surface area contributed by atoms with Crippen molar-refractivity contribution in [1.82, 2.24) is 4.90 Å². The molecule has 1 unspecified atom stereocenters. The summed E-state index contributed by atoms with van der Waals surface area (Å²) in [6.45, 7) is 5.94. The number of nitrogen functional groups attached to an aromatic ring is 1. The maximum Gasteiger partial charge on any atom is 0.167 e. The molecule has 5 heteroatoms. The van der Waals surface area contributed by atoms with Gasteiger partial charge in [0.2, 0.25) is 0 Å². The number of hydrogen-bond donors (Lipinski definition) is 1.